The van der Waals surface area contributed by atoms with Gasteiger partial charge >= 0.3 is 0 Å². The molecule has 1 unspecified atom stereocenters. The average Bonchev–Trinajstić information content (AvgIpc) is 3.23. The van der Waals surface area contributed by atoms with Crippen LogP contribution < -0.4 is 14.4 Å². The number of rotatable bonds is 6. The van der Waals surface area contributed by atoms with E-state index in [4.69, 9.17) is 4.74 Å². The van der Waals surface area contributed by atoms with Crippen molar-refractivity contribution in [1.29, 1.82) is 0 Å². The lowest BCUT2D eigenvalue weighted by Crippen LogP contribution is -2.24. The van der Waals surface area contributed by atoms with Gasteiger partial charge in [0.1, 0.15) is 23.0 Å². The molecule has 1 aromatic carbocycles. The third kappa shape index (κ3) is 4.25. The van der Waals surface area contributed by atoms with Crippen molar-refractivity contribution in [3.8, 4) is 5.88 Å². The SMILES string of the molecule is CNC(=O)c1ncn2c1CCC(c1cc(N(c3cc(F)cnc3OC)[SH](=O)=O)ccc1F)C2. The van der Waals surface area contributed by atoms with Gasteiger partial charge in [0, 0.05) is 25.6 Å². The Labute approximate surface area is 190 Å². The minimum Gasteiger partial charge on any atom is -0.479 e. The van der Waals surface area contributed by atoms with Crippen LogP contribution in [0.15, 0.2) is 36.8 Å². The molecule has 0 radical (unpaired) electrons. The molecule has 9 nitrogen and oxygen atoms in total. The first kappa shape index (κ1) is 22.6. The lowest BCUT2D eigenvalue weighted by atomic mass is 9.89. The first-order valence-corrected chi connectivity index (χ1v) is 11.2. The van der Waals surface area contributed by atoms with Crippen LogP contribution in [-0.2, 0) is 23.9 Å². The van der Waals surface area contributed by atoms with Crippen molar-refractivity contribution >= 4 is 28.2 Å². The van der Waals surface area contributed by atoms with Crippen LogP contribution >= 0.6 is 0 Å². The Balaban J connectivity index is 1.72. The van der Waals surface area contributed by atoms with Gasteiger partial charge in [-0.25, -0.2) is 31.5 Å². The Kier molecular flexibility index (Phi) is 6.27. The number of methoxy groups -OCH3 is 1. The van der Waals surface area contributed by atoms with Gasteiger partial charge in [0.25, 0.3) is 5.91 Å². The first-order chi connectivity index (χ1) is 15.8. The fourth-order valence-corrected chi connectivity index (χ4v) is 4.68. The third-order valence-electron chi connectivity index (χ3n) is 5.58. The number of amides is 1. The van der Waals surface area contributed by atoms with Gasteiger partial charge in [-0.3, -0.25) is 4.79 Å². The number of pyridine rings is 1. The van der Waals surface area contributed by atoms with E-state index in [1.807, 2.05) is 0 Å². The zero-order valence-corrected chi connectivity index (χ0v) is 18.7. The lowest BCUT2D eigenvalue weighted by Gasteiger charge is -2.27. The van der Waals surface area contributed by atoms with Gasteiger partial charge in [-0.15, -0.1) is 0 Å². The minimum atomic E-state index is -3.27. The number of benzene rings is 1. The Bertz CT molecular complexity index is 1290. The number of fused-ring (bicyclic) bond motifs is 1. The number of hydrogen-bond donors (Lipinski definition) is 2. The largest absolute Gasteiger partial charge is 0.479 e. The van der Waals surface area contributed by atoms with Crippen LogP contribution in [0.3, 0.4) is 0 Å². The van der Waals surface area contributed by atoms with Crippen molar-refractivity contribution in [2.75, 3.05) is 18.5 Å². The summed E-state index contributed by atoms with van der Waals surface area (Å²) in [6, 6.07) is 4.88. The van der Waals surface area contributed by atoms with E-state index in [9.17, 15) is 22.0 Å². The Hall–Kier alpha value is -3.54. The van der Waals surface area contributed by atoms with Crippen LogP contribution in [0.4, 0.5) is 20.2 Å². The van der Waals surface area contributed by atoms with Crippen LogP contribution in [0.1, 0.15) is 34.1 Å². The second kappa shape index (κ2) is 9.14. The maximum Gasteiger partial charge on any atom is 0.271 e. The van der Waals surface area contributed by atoms with E-state index in [0.29, 0.717) is 30.6 Å². The maximum absolute atomic E-state index is 14.8. The van der Waals surface area contributed by atoms with Gasteiger partial charge in [-0.2, -0.15) is 0 Å². The summed E-state index contributed by atoms with van der Waals surface area (Å²) in [5.41, 5.74) is 1.41. The van der Waals surface area contributed by atoms with Crippen molar-refractivity contribution in [3.05, 3.63) is 65.4 Å². The van der Waals surface area contributed by atoms with Crippen LogP contribution in [-0.4, -0.2) is 43.0 Å². The van der Waals surface area contributed by atoms with Crippen molar-refractivity contribution in [2.45, 2.75) is 25.3 Å². The van der Waals surface area contributed by atoms with E-state index >= 15 is 0 Å². The number of carbonyl (C=O) groups is 1. The van der Waals surface area contributed by atoms with Gasteiger partial charge < -0.3 is 14.6 Å². The Morgan fingerprint density at radius 3 is 2.76 bits per heavy atom. The molecule has 1 amide bonds. The molecule has 1 aliphatic heterocycles. The van der Waals surface area contributed by atoms with Crippen molar-refractivity contribution in [3.63, 3.8) is 0 Å². The molecule has 0 saturated carbocycles. The Morgan fingerprint density at radius 2 is 2.06 bits per heavy atom. The molecule has 0 spiro atoms. The molecule has 1 aliphatic rings. The molecular weight excluding hydrogens is 456 g/mol. The van der Waals surface area contributed by atoms with Crippen molar-refractivity contribution in [1.82, 2.24) is 19.9 Å². The van der Waals surface area contributed by atoms with E-state index in [1.165, 1.54) is 38.7 Å². The highest BCUT2D eigenvalue weighted by atomic mass is 32.2. The monoisotopic (exact) mass is 477 g/mol. The normalized spacial score (nSPS) is 15.2. The second-order valence-corrected chi connectivity index (χ2v) is 8.32. The number of hydrogen-bond acceptors (Lipinski definition) is 6. The van der Waals surface area contributed by atoms with Crippen LogP contribution in [0.5, 0.6) is 5.88 Å². The molecule has 3 aromatic rings. The predicted octanol–water partition coefficient (Wildman–Crippen LogP) is 2.32. The molecular formula is C21H21F2N5O4S. The number of imidazole rings is 1. The van der Waals surface area contributed by atoms with Crippen LogP contribution in [0.2, 0.25) is 0 Å². The fourth-order valence-electron chi connectivity index (χ4n) is 4.05. The van der Waals surface area contributed by atoms with E-state index in [0.717, 1.165) is 22.3 Å². The summed E-state index contributed by atoms with van der Waals surface area (Å²) in [6.07, 6.45) is 3.48. The van der Waals surface area contributed by atoms with Crippen molar-refractivity contribution < 1.29 is 26.7 Å². The fraction of sp³-hybridized carbons (Fsp3) is 0.286. The van der Waals surface area contributed by atoms with Crippen molar-refractivity contribution in [2.24, 2.45) is 0 Å². The molecule has 33 heavy (non-hydrogen) atoms. The first-order valence-electron chi connectivity index (χ1n) is 10.0. The molecule has 0 aliphatic carbocycles. The summed E-state index contributed by atoms with van der Waals surface area (Å²) in [7, 11) is -0.464. The number of ether oxygens (including phenoxy) is 1. The molecule has 174 valence electrons. The zero-order valence-electron chi connectivity index (χ0n) is 17.8. The number of nitrogens with zero attached hydrogens (tertiary/aromatic N) is 4. The second-order valence-electron chi connectivity index (χ2n) is 7.44. The van der Waals surface area contributed by atoms with E-state index in [2.05, 4.69) is 15.3 Å². The smallest absolute Gasteiger partial charge is 0.271 e. The lowest BCUT2D eigenvalue weighted by molar-refractivity contribution is 0.0957. The highest BCUT2D eigenvalue weighted by Crippen LogP contribution is 2.37. The number of anilines is 2. The molecule has 0 bridgehead atoms. The van der Waals surface area contributed by atoms with Gasteiger partial charge in [-0.1, -0.05) is 0 Å². The third-order valence-corrected chi connectivity index (χ3v) is 6.36. The topological polar surface area (TPSA) is 106 Å². The highest BCUT2D eigenvalue weighted by molar-refractivity contribution is 7.74. The van der Waals surface area contributed by atoms with Gasteiger partial charge in [0.15, 0.2) is 0 Å². The standard InChI is InChI=1S/C21H21F2N5O4S/c1-24-20(29)19-17-6-3-12(10-27(17)11-26-19)15-8-14(4-5-16(15)23)28(33(30)31)18-7-13(22)9-25-21(18)32-2/h4-5,7-9,11-12,33H,3,6,10H2,1-2H3,(H,24,29). The molecule has 1 atom stereocenters. The summed E-state index contributed by atoms with van der Waals surface area (Å²) in [5.74, 6) is -1.92. The molecule has 3 heterocycles. The summed E-state index contributed by atoms with van der Waals surface area (Å²) < 4.78 is 60.7. The molecule has 12 heteroatoms. The number of thiol groups is 1. The summed E-state index contributed by atoms with van der Waals surface area (Å²) in [4.78, 5) is 19.9. The molecule has 4 rings (SSSR count). The van der Waals surface area contributed by atoms with E-state index < -0.39 is 22.5 Å². The molecule has 2 aromatic heterocycles. The van der Waals surface area contributed by atoms with E-state index in [-0.39, 0.29) is 29.1 Å². The van der Waals surface area contributed by atoms with E-state index in [1.54, 1.807) is 4.57 Å². The summed E-state index contributed by atoms with van der Waals surface area (Å²) >= 11 is 0. The maximum atomic E-state index is 14.8. The molecule has 0 fully saturated rings. The zero-order chi connectivity index (χ0) is 23.7. The molecule has 1 N–H and O–H groups in total. The minimum absolute atomic E-state index is 0.0936. The number of aromatic nitrogens is 3. The quantitative estimate of drug-likeness (QED) is 0.528. The number of halogens is 2. The van der Waals surface area contributed by atoms with Gasteiger partial charge in [0.05, 0.1) is 31.0 Å². The van der Waals surface area contributed by atoms with Gasteiger partial charge in [0.2, 0.25) is 16.8 Å². The summed E-state index contributed by atoms with van der Waals surface area (Å²) in [5, 5.41) is 2.55. The highest BCUT2D eigenvalue weighted by Gasteiger charge is 2.28. The number of carbonyl (C=O) groups excluding carboxylic acids is 1. The Morgan fingerprint density at radius 1 is 1.27 bits per heavy atom. The predicted molar refractivity (Wildman–Crippen MR) is 116 cm³/mol. The molecule has 0 saturated heterocycles. The van der Waals surface area contributed by atoms with Gasteiger partial charge in [-0.05, 0) is 36.6 Å². The average molecular weight is 477 g/mol. The number of nitrogens with one attached hydrogen (secondary N) is 1. The van der Waals surface area contributed by atoms with Crippen LogP contribution in [0.25, 0.3) is 0 Å². The van der Waals surface area contributed by atoms with Crippen LogP contribution in [0, 0.1) is 11.6 Å². The summed E-state index contributed by atoms with van der Waals surface area (Å²) in [6.45, 7) is 0.369.